The minimum atomic E-state index is 0.310. The highest BCUT2D eigenvalue weighted by Crippen LogP contribution is 2.48. The number of hydrogen-bond acceptors (Lipinski definition) is 4. The molecule has 1 aliphatic rings. The minimum absolute atomic E-state index is 0.310. The molecule has 0 unspecified atom stereocenters. The van der Waals surface area contributed by atoms with Gasteiger partial charge >= 0.3 is 0 Å². The monoisotopic (exact) mass is 335 g/mol. The summed E-state index contributed by atoms with van der Waals surface area (Å²) in [6, 6.07) is 8.69. The van der Waals surface area contributed by atoms with Gasteiger partial charge in [0.1, 0.15) is 0 Å². The lowest BCUT2D eigenvalue weighted by molar-refractivity contribution is 0.262. The SMILES string of the molecule is Cc1nnc(CN(C)CC2(c3ccc(Br)cc3)CC2)o1. The van der Waals surface area contributed by atoms with Crippen LogP contribution in [0.15, 0.2) is 33.2 Å². The quantitative estimate of drug-likeness (QED) is 0.840. The van der Waals surface area contributed by atoms with E-state index in [4.69, 9.17) is 4.42 Å². The van der Waals surface area contributed by atoms with Gasteiger partial charge in [0.05, 0.1) is 6.54 Å². The van der Waals surface area contributed by atoms with Gasteiger partial charge in [-0.05, 0) is 37.6 Å². The van der Waals surface area contributed by atoms with Crippen LogP contribution in [0.4, 0.5) is 0 Å². The molecule has 1 aliphatic carbocycles. The zero-order valence-corrected chi connectivity index (χ0v) is 13.4. The summed E-state index contributed by atoms with van der Waals surface area (Å²) in [4.78, 5) is 2.27. The maximum atomic E-state index is 5.44. The van der Waals surface area contributed by atoms with Crippen molar-refractivity contribution in [3.63, 3.8) is 0 Å². The van der Waals surface area contributed by atoms with Gasteiger partial charge in [-0.25, -0.2) is 0 Å². The second kappa shape index (κ2) is 5.30. The second-order valence-corrected chi connectivity index (χ2v) is 6.59. The van der Waals surface area contributed by atoms with Crippen LogP contribution in [0, 0.1) is 6.92 Å². The van der Waals surface area contributed by atoms with Gasteiger partial charge in [0, 0.05) is 23.4 Å². The molecule has 0 aliphatic heterocycles. The summed E-state index contributed by atoms with van der Waals surface area (Å²) in [5.41, 5.74) is 1.74. The Morgan fingerprint density at radius 3 is 2.50 bits per heavy atom. The van der Waals surface area contributed by atoms with Gasteiger partial charge in [0.25, 0.3) is 0 Å². The molecule has 1 aromatic carbocycles. The maximum Gasteiger partial charge on any atom is 0.230 e. The number of rotatable bonds is 5. The van der Waals surface area contributed by atoms with Gasteiger partial charge in [0.15, 0.2) is 0 Å². The van der Waals surface area contributed by atoms with Crippen LogP contribution in [0.3, 0.4) is 0 Å². The Bertz CT molecular complexity index is 589. The van der Waals surface area contributed by atoms with Gasteiger partial charge in [-0.2, -0.15) is 0 Å². The molecule has 20 heavy (non-hydrogen) atoms. The second-order valence-electron chi connectivity index (χ2n) is 5.67. The molecule has 0 saturated heterocycles. The lowest BCUT2D eigenvalue weighted by Crippen LogP contribution is -2.29. The van der Waals surface area contributed by atoms with Crippen LogP contribution in [-0.2, 0) is 12.0 Å². The van der Waals surface area contributed by atoms with E-state index in [1.165, 1.54) is 18.4 Å². The molecule has 5 heteroatoms. The number of benzene rings is 1. The summed E-state index contributed by atoms with van der Waals surface area (Å²) in [5, 5.41) is 7.93. The third-order valence-electron chi connectivity index (χ3n) is 3.86. The Labute approximate surface area is 127 Å². The van der Waals surface area contributed by atoms with Crippen molar-refractivity contribution in [2.24, 2.45) is 0 Å². The number of hydrogen-bond donors (Lipinski definition) is 0. The van der Waals surface area contributed by atoms with Gasteiger partial charge in [-0.1, -0.05) is 28.1 Å². The highest BCUT2D eigenvalue weighted by Gasteiger charge is 2.44. The smallest absolute Gasteiger partial charge is 0.230 e. The normalized spacial score (nSPS) is 16.6. The molecule has 106 valence electrons. The third kappa shape index (κ3) is 2.94. The zero-order chi connectivity index (χ0) is 14.2. The molecule has 1 saturated carbocycles. The van der Waals surface area contributed by atoms with Crippen LogP contribution in [0.25, 0.3) is 0 Å². The molecular weight excluding hydrogens is 318 g/mol. The summed E-state index contributed by atoms with van der Waals surface area (Å²) < 4.78 is 6.57. The van der Waals surface area contributed by atoms with Gasteiger partial charge in [-0.3, -0.25) is 4.90 Å². The van der Waals surface area contributed by atoms with Crippen molar-refractivity contribution in [3.05, 3.63) is 46.1 Å². The molecule has 1 aromatic heterocycles. The Kier molecular flexibility index (Phi) is 3.65. The average molecular weight is 336 g/mol. The summed E-state index contributed by atoms with van der Waals surface area (Å²) in [6.45, 7) is 3.55. The standard InChI is InChI=1S/C15H18BrN3O/c1-11-17-18-14(20-11)9-19(2)10-15(7-8-15)12-3-5-13(16)6-4-12/h3-6H,7-10H2,1-2H3. The van der Waals surface area contributed by atoms with Gasteiger partial charge < -0.3 is 4.42 Å². The molecule has 3 rings (SSSR count). The highest BCUT2D eigenvalue weighted by atomic mass is 79.9. The minimum Gasteiger partial charge on any atom is -0.424 e. The maximum absolute atomic E-state index is 5.44. The Hall–Kier alpha value is -1.20. The largest absolute Gasteiger partial charge is 0.424 e. The Morgan fingerprint density at radius 1 is 1.25 bits per heavy atom. The summed E-state index contributed by atoms with van der Waals surface area (Å²) >= 11 is 3.49. The molecule has 4 nitrogen and oxygen atoms in total. The topological polar surface area (TPSA) is 42.2 Å². The van der Waals surface area contributed by atoms with Gasteiger partial charge in [-0.15, -0.1) is 10.2 Å². The van der Waals surface area contributed by atoms with Crippen LogP contribution < -0.4 is 0 Å². The summed E-state index contributed by atoms with van der Waals surface area (Å²) in [6.07, 6.45) is 2.50. The van der Waals surface area contributed by atoms with Gasteiger partial charge in [0.2, 0.25) is 11.8 Å². The first-order valence-corrected chi connectivity index (χ1v) is 7.60. The van der Waals surface area contributed by atoms with E-state index in [-0.39, 0.29) is 0 Å². The van der Waals surface area contributed by atoms with E-state index in [1.807, 2.05) is 6.92 Å². The predicted octanol–water partition coefficient (Wildman–Crippen LogP) is 3.30. The van der Waals surface area contributed by atoms with Crippen LogP contribution in [0.2, 0.25) is 0 Å². The third-order valence-corrected chi connectivity index (χ3v) is 4.38. The Morgan fingerprint density at radius 2 is 1.95 bits per heavy atom. The molecule has 1 fully saturated rings. The molecule has 2 aromatic rings. The van der Waals surface area contributed by atoms with E-state index in [2.05, 4.69) is 62.3 Å². The van der Waals surface area contributed by atoms with Crippen molar-refractivity contribution in [2.75, 3.05) is 13.6 Å². The van der Waals surface area contributed by atoms with Crippen molar-refractivity contribution in [2.45, 2.75) is 31.7 Å². The van der Waals surface area contributed by atoms with Crippen molar-refractivity contribution in [3.8, 4) is 0 Å². The molecule has 0 N–H and O–H groups in total. The molecule has 0 spiro atoms. The van der Waals surface area contributed by atoms with Crippen molar-refractivity contribution in [1.29, 1.82) is 0 Å². The van der Waals surface area contributed by atoms with Crippen LogP contribution in [0.5, 0.6) is 0 Å². The van der Waals surface area contributed by atoms with E-state index in [9.17, 15) is 0 Å². The van der Waals surface area contributed by atoms with Crippen molar-refractivity contribution < 1.29 is 4.42 Å². The predicted molar refractivity (Wildman–Crippen MR) is 80.4 cm³/mol. The fourth-order valence-corrected chi connectivity index (χ4v) is 2.96. The first-order valence-electron chi connectivity index (χ1n) is 6.81. The Balaban J connectivity index is 1.66. The van der Waals surface area contributed by atoms with Crippen LogP contribution in [-0.4, -0.2) is 28.7 Å². The summed E-state index contributed by atoms with van der Waals surface area (Å²) in [5.74, 6) is 1.32. The van der Waals surface area contributed by atoms with E-state index < -0.39 is 0 Å². The molecule has 0 atom stereocenters. The van der Waals surface area contributed by atoms with Crippen molar-refractivity contribution in [1.82, 2.24) is 15.1 Å². The fraction of sp³-hybridized carbons (Fsp3) is 0.467. The summed E-state index contributed by atoms with van der Waals surface area (Å²) in [7, 11) is 2.11. The number of aryl methyl sites for hydroxylation is 1. The molecule has 1 heterocycles. The molecule has 0 bridgehead atoms. The number of nitrogens with zero attached hydrogens (tertiary/aromatic N) is 3. The number of likely N-dealkylation sites (N-methyl/N-ethyl adjacent to an activating group) is 1. The lowest BCUT2D eigenvalue weighted by atomic mass is 9.95. The lowest BCUT2D eigenvalue weighted by Gasteiger charge is -2.23. The first kappa shape index (κ1) is 13.8. The highest BCUT2D eigenvalue weighted by molar-refractivity contribution is 9.10. The number of halogens is 1. The average Bonchev–Trinajstić information content (AvgIpc) is 3.06. The fourth-order valence-electron chi connectivity index (χ4n) is 2.70. The zero-order valence-electron chi connectivity index (χ0n) is 11.8. The van der Waals surface area contributed by atoms with Crippen LogP contribution in [0.1, 0.15) is 30.2 Å². The van der Waals surface area contributed by atoms with E-state index in [0.717, 1.165) is 11.0 Å². The first-order chi connectivity index (χ1) is 9.57. The van der Waals surface area contributed by atoms with Crippen molar-refractivity contribution >= 4 is 15.9 Å². The van der Waals surface area contributed by atoms with Crippen LogP contribution >= 0.6 is 15.9 Å². The molecular formula is C15H18BrN3O. The number of aromatic nitrogens is 2. The molecule has 0 radical (unpaired) electrons. The molecule has 0 amide bonds. The van der Waals surface area contributed by atoms with E-state index >= 15 is 0 Å². The van der Waals surface area contributed by atoms with E-state index in [0.29, 0.717) is 23.7 Å². The van der Waals surface area contributed by atoms with E-state index in [1.54, 1.807) is 0 Å².